The molecule has 1 saturated carbocycles. The Bertz CT molecular complexity index is 614. The predicted molar refractivity (Wildman–Crippen MR) is 86.6 cm³/mol. The first-order valence-electron chi connectivity index (χ1n) is 7.66. The Morgan fingerprint density at radius 2 is 2.10 bits per heavy atom. The van der Waals surface area contributed by atoms with Crippen LogP contribution in [0.15, 0.2) is 30.5 Å². The van der Waals surface area contributed by atoms with Crippen LogP contribution in [0.3, 0.4) is 0 Å². The van der Waals surface area contributed by atoms with Gasteiger partial charge in [0.05, 0.1) is 5.69 Å². The van der Waals surface area contributed by atoms with Crippen LogP contribution in [-0.2, 0) is 20.0 Å². The van der Waals surface area contributed by atoms with Gasteiger partial charge >= 0.3 is 0 Å². The van der Waals surface area contributed by atoms with Gasteiger partial charge in [-0.25, -0.2) is 0 Å². The maximum absolute atomic E-state index is 6.26. The summed E-state index contributed by atoms with van der Waals surface area (Å²) in [5.74, 6) is 0.607. The van der Waals surface area contributed by atoms with Crippen molar-refractivity contribution in [2.24, 2.45) is 7.05 Å². The highest BCUT2D eigenvalue weighted by Crippen LogP contribution is 2.39. The maximum atomic E-state index is 6.26. The van der Waals surface area contributed by atoms with E-state index >= 15 is 0 Å². The van der Waals surface area contributed by atoms with Gasteiger partial charge in [0.1, 0.15) is 0 Å². The van der Waals surface area contributed by atoms with Gasteiger partial charge in [-0.3, -0.25) is 4.68 Å². The molecular weight excluding hydrogens is 282 g/mol. The molecule has 1 aromatic carbocycles. The number of nitrogens with one attached hydrogen (secondary N) is 1. The third-order valence-corrected chi connectivity index (χ3v) is 4.74. The lowest BCUT2D eigenvalue weighted by Crippen LogP contribution is -2.39. The van der Waals surface area contributed by atoms with Gasteiger partial charge in [-0.15, -0.1) is 0 Å². The second kappa shape index (κ2) is 6.20. The summed E-state index contributed by atoms with van der Waals surface area (Å²) in [5.41, 5.74) is 3.82. The summed E-state index contributed by atoms with van der Waals surface area (Å²) in [6, 6.07) is 8.80. The topological polar surface area (TPSA) is 29.9 Å². The largest absolute Gasteiger partial charge is 0.310 e. The van der Waals surface area contributed by atoms with Crippen LogP contribution in [0.25, 0.3) is 0 Å². The van der Waals surface area contributed by atoms with Crippen molar-refractivity contribution >= 4 is 11.6 Å². The highest BCUT2D eigenvalue weighted by molar-refractivity contribution is 6.31. The molecule has 0 spiro atoms. The lowest BCUT2D eigenvalue weighted by atomic mass is 9.76. The normalized spacial score (nSPS) is 21.3. The number of halogens is 1. The van der Waals surface area contributed by atoms with E-state index in [9.17, 15) is 0 Å². The lowest BCUT2D eigenvalue weighted by Gasteiger charge is -2.36. The van der Waals surface area contributed by atoms with E-state index in [4.69, 9.17) is 11.6 Å². The number of aryl methyl sites for hydroxylation is 2. The molecule has 0 radical (unpaired) electrons. The zero-order valence-corrected chi connectivity index (χ0v) is 13.4. The molecule has 0 saturated heterocycles. The zero-order chi connectivity index (χ0) is 14.8. The number of aromatic nitrogens is 2. The van der Waals surface area contributed by atoms with Gasteiger partial charge in [0.25, 0.3) is 0 Å². The molecule has 1 aromatic heterocycles. The minimum Gasteiger partial charge on any atom is -0.310 e. The second-order valence-corrected chi connectivity index (χ2v) is 6.30. The summed E-state index contributed by atoms with van der Waals surface area (Å²) in [7, 11) is 1.99. The molecule has 0 amide bonds. The fourth-order valence-electron chi connectivity index (χ4n) is 3.13. The van der Waals surface area contributed by atoms with Gasteiger partial charge in [0.15, 0.2) is 0 Å². The second-order valence-electron chi connectivity index (χ2n) is 5.90. The van der Waals surface area contributed by atoms with Gasteiger partial charge in [0, 0.05) is 36.4 Å². The average molecular weight is 304 g/mol. The molecule has 112 valence electrons. The fraction of sp³-hybridized carbons (Fsp3) is 0.471. The number of hydrogen-bond acceptors (Lipinski definition) is 2. The Morgan fingerprint density at radius 3 is 2.81 bits per heavy atom. The van der Waals surface area contributed by atoms with Crippen LogP contribution < -0.4 is 5.32 Å². The number of benzene rings is 1. The van der Waals surface area contributed by atoms with Crippen molar-refractivity contribution in [3.63, 3.8) is 0 Å². The van der Waals surface area contributed by atoms with Gasteiger partial charge in [-0.1, -0.05) is 36.7 Å². The third kappa shape index (κ3) is 3.14. The van der Waals surface area contributed by atoms with Crippen LogP contribution in [0.5, 0.6) is 0 Å². The minimum atomic E-state index is 0.594. The van der Waals surface area contributed by atoms with Crippen molar-refractivity contribution in [1.29, 1.82) is 0 Å². The summed E-state index contributed by atoms with van der Waals surface area (Å²) in [6.45, 7) is 3.07. The standard InChI is InChI=1S/C17H22ClN3/c1-3-17-13(11-21(2)20-17)10-19-14-8-12(9-14)15-6-4-5-7-16(15)18/h4-7,11-12,14,19H,3,8-10H2,1-2H3. The van der Waals surface area contributed by atoms with Crippen LogP contribution in [0.2, 0.25) is 5.02 Å². The van der Waals surface area contributed by atoms with Crippen LogP contribution in [-0.4, -0.2) is 15.8 Å². The minimum absolute atomic E-state index is 0.594. The van der Waals surface area contributed by atoms with Crippen LogP contribution in [0.4, 0.5) is 0 Å². The van der Waals surface area contributed by atoms with Gasteiger partial charge in [-0.2, -0.15) is 5.10 Å². The molecule has 2 aromatic rings. The summed E-state index contributed by atoms with van der Waals surface area (Å²) in [5, 5.41) is 9.03. The van der Waals surface area contributed by atoms with Gasteiger partial charge in [0.2, 0.25) is 0 Å². The maximum Gasteiger partial charge on any atom is 0.0666 e. The van der Waals surface area contributed by atoms with Crippen molar-refractivity contribution < 1.29 is 0 Å². The van der Waals surface area contributed by atoms with Gasteiger partial charge in [-0.05, 0) is 36.8 Å². The summed E-state index contributed by atoms with van der Waals surface area (Å²) in [4.78, 5) is 0. The first-order chi connectivity index (χ1) is 10.2. The molecule has 21 heavy (non-hydrogen) atoms. The number of hydrogen-bond donors (Lipinski definition) is 1. The van der Waals surface area contributed by atoms with E-state index < -0.39 is 0 Å². The van der Waals surface area contributed by atoms with Crippen molar-refractivity contribution in [3.05, 3.63) is 52.3 Å². The molecule has 0 aliphatic heterocycles. The van der Waals surface area contributed by atoms with E-state index in [0.29, 0.717) is 12.0 Å². The Balaban J connectivity index is 1.52. The average Bonchev–Trinajstić information content (AvgIpc) is 2.79. The molecule has 3 nitrogen and oxygen atoms in total. The van der Waals surface area contributed by atoms with E-state index in [1.54, 1.807) is 0 Å². The molecule has 1 heterocycles. The van der Waals surface area contributed by atoms with Crippen molar-refractivity contribution in [3.8, 4) is 0 Å². The first-order valence-corrected chi connectivity index (χ1v) is 8.04. The van der Waals surface area contributed by atoms with E-state index in [1.165, 1.54) is 29.7 Å². The monoisotopic (exact) mass is 303 g/mol. The van der Waals surface area contributed by atoms with Crippen molar-refractivity contribution in [1.82, 2.24) is 15.1 Å². The van der Waals surface area contributed by atoms with Crippen LogP contribution >= 0.6 is 11.6 Å². The number of nitrogens with zero attached hydrogens (tertiary/aromatic N) is 2. The molecule has 1 aliphatic carbocycles. The molecular formula is C17H22ClN3. The fourth-order valence-corrected chi connectivity index (χ4v) is 3.42. The van der Waals surface area contributed by atoms with E-state index in [1.807, 2.05) is 23.9 Å². The molecule has 4 heteroatoms. The highest BCUT2D eigenvalue weighted by Gasteiger charge is 2.31. The van der Waals surface area contributed by atoms with E-state index in [0.717, 1.165) is 18.0 Å². The zero-order valence-electron chi connectivity index (χ0n) is 12.6. The molecule has 0 atom stereocenters. The molecule has 1 fully saturated rings. The van der Waals surface area contributed by atoms with Crippen molar-refractivity contribution in [2.75, 3.05) is 0 Å². The molecule has 0 bridgehead atoms. The molecule has 1 N–H and O–H groups in total. The first kappa shape index (κ1) is 14.6. The summed E-state index contributed by atoms with van der Waals surface area (Å²) >= 11 is 6.26. The summed E-state index contributed by atoms with van der Waals surface area (Å²) < 4.78 is 1.91. The van der Waals surface area contributed by atoms with Gasteiger partial charge < -0.3 is 5.32 Å². The highest BCUT2D eigenvalue weighted by atomic mass is 35.5. The Labute approximate surface area is 131 Å². The van der Waals surface area contributed by atoms with Crippen LogP contribution in [0.1, 0.15) is 42.5 Å². The number of rotatable bonds is 5. The van der Waals surface area contributed by atoms with E-state index in [2.05, 4.69) is 35.7 Å². The predicted octanol–water partition coefficient (Wildman–Crippen LogP) is 3.67. The Hall–Kier alpha value is -1.32. The SMILES string of the molecule is CCc1nn(C)cc1CNC1CC(c2ccccc2Cl)C1. The molecule has 1 aliphatic rings. The summed E-state index contributed by atoms with van der Waals surface area (Å²) in [6.07, 6.45) is 5.46. The third-order valence-electron chi connectivity index (χ3n) is 4.39. The van der Waals surface area contributed by atoms with Crippen molar-refractivity contribution in [2.45, 2.75) is 44.7 Å². The lowest BCUT2D eigenvalue weighted by molar-refractivity contribution is 0.289. The Kier molecular flexibility index (Phi) is 4.32. The van der Waals surface area contributed by atoms with E-state index in [-0.39, 0.29) is 0 Å². The molecule has 0 unspecified atom stereocenters. The van der Waals surface area contributed by atoms with Crippen LogP contribution in [0, 0.1) is 0 Å². The Morgan fingerprint density at radius 1 is 1.33 bits per heavy atom. The quantitative estimate of drug-likeness (QED) is 0.913. The molecule has 3 rings (SSSR count). The smallest absolute Gasteiger partial charge is 0.0666 e.